The van der Waals surface area contributed by atoms with E-state index >= 15 is 0 Å². The molecule has 0 spiro atoms. The molecule has 4 nitrogen and oxygen atoms in total. The van der Waals surface area contributed by atoms with Gasteiger partial charge in [0.1, 0.15) is 5.75 Å². The lowest BCUT2D eigenvalue weighted by Crippen LogP contribution is -2.07. The van der Waals surface area contributed by atoms with Gasteiger partial charge in [0.05, 0.1) is 24.6 Å². The lowest BCUT2D eigenvalue weighted by atomic mass is 10.1. The lowest BCUT2D eigenvalue weighted by Gasteiger charge is -2.11. The van der Waals surface area contributed by atoms with Crippen molar-refractivity contribution in [1.82, 2.24) is 15.4 Å². The van der Waals surface area contributed by atoms with Gasteiger partial charge in [0, 0.05) is 0 Å². The number of halogens is 3. The van der Waals surface area contributed by atoms with E-state index in [1.807, 2.05) is 30.3 Å². The number of hydrogen-bond donors (Lipinski definition) is 0. The topological polar surface area (TPSA) is 47.9 Å². The number of aromatic nitrogens is 3. The zero-order valence-corrected chi connectivity index (χ0v) is 12.7. The Balaban J connectivity index is 2.27. The predicted molar refractivity (Wildman–Crippen MR) is 81.0 cm³/mol. The summed E-state index contributed by atoms with van der Waals surface area (Å²) in [6, 6.07) is 7.51. The van der Waals surface area contributed by atoms with Crippen molar-refractivity contribution in [3.05, 3.63) is 47.3 Å². The number of hydrogen-bond acceptors (Lipinski definition) is 4. The van der Waals surface area contributed by atoms with E-state index < -0.39 is 3.79 Å². The number of ether oxygens (including phenoxy) is 1. The maximum Gasteiger partial charge on any atom is 0.219 e. The van der Waals surface area contributed by atoms with Crippen molar-refractivity contribution in [1.29, 1.82) is 0 Å². The average Bonchev–Trinajstić information content (AvgIpc) is 2.45. The van der Waals surface area contributed by atoms with E-state index in [0.717, 1.165) is 11.3 Å². The highest BCUT2D eigenvalue weighted by Crippen LogP contribution is 2.39. The minimum atomic E-state index is -1.59. The van der Waals surface area contributed by atoms with Gasteiger partial charge in [0.15, 0.2) is 0 Å². The first-order valence-corrected chi connectivity index (χ1v) is 6.72. The van der Waals surface area contributed by atoms with E-state index in [-0.39, 0.29) is 0 Å². The first kappa shape index (κ1) is 15.0. The van der Waals surface area contributed by atoms with Crippen LogP contribution in [-0.4, -0.2) is 22.5 Å². The molecule has 0 aliphatic carbocycles. The van der Waals surface area contributed by atoms with Gasteiger partial charge in [-0.3, -0.25) is 0 Å². The highest BCUT2D eigenvalue weighted by molar-refractivity contribution is 6.66. The molecule has 0 unspecified atom stereocenters. The molecular weight excluding hydrogens is 321 g/mol. The highest BCUT2D eigenvalue weighted by atomic mass is 35.6. The SMILES string of the molecule is COc1ccc(/C=C/c2nnncc2C(Cl)(Cl)Cl)cc1. The molecule has 20 heavy (non-hydrogen) atoms. The van der Waals surface area contributed by atoms with Gasteiger partial charge in [-0.2, -0.15) is 0 Å². The van der Waals surface area contributed by atoms with Crippen LogP contribution in [0.5, 0.6) is 5.75 Å². The van der Waals surface area contributed by atoms with E-state index in [1.54, 1.807) is 13.2 Å². The molecule has 0 aliphatic rings. The number of rotatable bonds is 3. The van der Waals surface area contributed by atoms with Crippen LogP contribution in [0, 0.1) is 0 Å². The summed E-state index contributed by atoms with van der Waals surface area (Å²) in [5.41, 5.74) is 1.79. The maximum atomic E-state index is 5.86. The summed E-state index contributed by atoms with van der Waals surface area (Å²) in [5, 5.41) is 11.0. The van der Waals surface area contributed by atoms with E-state index in [0.29, 0.717) is 11.3 Å². The predicted octanol–water partition coefficient (Wildman–Crippen LogP) is 3.88. The zero-order valence-electron chi connectivity index (χ0n) is 10.4. The number of methoxy groups -OCH3 is 1. The van der Waals surface area contributed by atoms with E-state index in [9.17, 15) is 0 Å². The Morgan fingerprint density at radius 1 is 1.10 bits per heavy atom. The zero-order chi connectivity index (χ0) is 14.6. The molecule has 0 radical (unpaired) electrons. The van der Waals surface area contributed by atoms with Crippen LogP contribution in [0.1, 0.15) is 16.8 Å². The molecule has 0 fully saturated rings. The molecule has 0 amide bonds. The highest BCUT2D eigenvalue weighted by Gasteiger charge is 2.26. The molecule has 0 saturated heterocycles. The van der Waals surface area contributed by atoms with Crippen molar-refractivity contribution in [2.24, 2.45) is 0 Å². The van der Waals surface area contributed by atoms with Crippen LogP contribution in [-0.2, 0) is 3.79 Å². The first-order valence-electron chi connectivity index (χ1n) is 5.58. The largest absolute Gasteiger partial charge is 0.497 e. The molecule has 0 atom stereocenters. The molecule has 1 aromatic carbocycles. The fourth-order valence-electron chi connectivity index (χ4n) is 1.51. The second-order valence-corrected chi connectivity index (χ2v) is 6.12. The molecule has 104 valence electrons. The summed E-state index contributed by atoms with van der Waals surface area (Å²) >= 11 is 17.6. The normalized spacial score (nSPS) is 11.8. The standard InChI is InChI=1S/C13H10Cl3N3O/c1-20-10-5-2-9(3-6-10)4-7-12-11(13(14,15)16)8-17-19-18-12/h2-8H,1H3/b7-4+. The van der Waals surface area contributed by atoms with Crippen LogP contribution in [0.2, 0.25) is 0 Å². The van der Waals surface area contributed by atoms with Gasteiger partial charge in [-0.1, -0.05) is 53.0 Å². The Kier molecular flexibility index (Phi) is 4.81. The fourth-order valence-corrected chi connectivity index (χ4v) is 1.95. The Labute approximate surface area is 131 Å². The molecule has 0 bridgehead atoms. The molecule has 0 N–H and O–H groups in total. The molecular formula is C13H10Cl3N3O. The van der Waals surface area contributed by atoms with Gasteiger partial charge < -0.3 is 4.74 Å². The van der Waals surface area contributed by atoms with Crippen LogP contribution in [0.3, 0.4) is 0 Å². The smallest absolute Gasteiger partial charge is 0.219 e. The second kappa shape index (κ2) is 6.39. The number of nitrogens with zero attached hydrogens (tertiary/aromatic N) is 3. The van der Waals surface area contributed by atoms with E-state index in [2.05, 4.69) is 15.4 Å². The average molecular weight is 331 g/mol. The Morgan fingerprint density at radius 3 is 2.40 bits per heavy atom. The van der Waals surface area contributed by atoms with Crippen molar-refractivity contribution in [2.45, 2.75) is 3.79 Å². The van der Waals surface area contributed by atoms with Crippen LogP contribution in [0.25, 0.3) is 12.2 Å². The van der Waals surface area contributed by atoms with Gasteiger partial charge in [-0.25, -0.2) is 0 Å². The third-order valence-electron chi connectivity index (χ3n) is 2.52. The van der Waals surface area contributed by atoms with Gasteiger partial charge in [0.25, 0.3) is 0 Å². The van der Waals surface area contributed by atoms with Gasteiger partial charge in [0.2, 0.25) is 3.79 Å². The molecule has 2 rings (SSSR count). The number of alkyl halides is 3. The second-order valence-electron chi connectivity index (χ2n) is 3.84. The fraction of sp³-hybridized carbons (Fsp3) is 0.154. The van der Waals surface area contributed by atoms with Gasteiger partial charge in [-0.05, 0) is 29.0 Å². The van der Waals surface area contributed by atoms with Crippen LogP contribution in [0.15, 0.2) is 30.5 Å². The van der Waals surface area contributed by atoms with Crippen LogP contribution < -0.4 is 4.74 Å². The summed E-state index contributed by atoms with van der Waals surface area (Å²) in [6.07, 6.45) is 4.94. The summed E-state index contributed by atoms with van der Waals surface area (Å²) in [6.45, 7) is 0. The maximum absolute atomic E-state index is 5.86. The van der Waals surface area contributed by atoms with E-state index in [4.69, 9.17) is 39.5 Å². The monoisotopic (exact) mass is 329 g/mol. The summed E-state index contributed by atoms with van der Waals surface area (Å²) in [4.78, 5) is 0. The summed E-state index contributed by atoms with van der Waals surface area (Å²) in [5.74, 6) is 0.785. The molecule has 2 aromatic rings. The van der Waals surface area contributed by atoms with Crippen molar-refractivity contribution in [3.8, 4) is 5.75 Å². The minimum absolute atomic E-state index is 0.377. The molecule has 7 heteroatoms. The molecule has 1 heterocycles. The van der Waals surface area contributed by atoms with Crippen molar-refractivity contribution >= 4 is 47.0 Å². The Morgan fingerprint density at radius 2 is 1.80 bits per heavy atom. The Bertz CT molecular complexity index is 609. The van der Waals surface area contributed by atoms with Crippen molar-refractivity contribution < 1.29 is 4.74 Å². The third-order valence-corrected chi connectivity index (χ3v) is 3.13. The van der Waals surface area contributed by atoms with Crippen LogP contribution in [0.4, 0.5) is 0 Å². The molecule has 1 aromatic heterocycles. The van der Waals surface area contributed by atoms with E-state index in [1.165, 1.54) is 6.20 Å². The molecule has 0 aliphatic heterocycles. The first-order chi connectivity index (χ1) is 9.50. The summed E-state index contributed by atoms with van der Waals surface area (Å²) < 4.78 is 3.49. The molecule has 0 saturated carbocycles. The Hall–Kier alpha value is -1.36. The lowest BCUT2D eigenvalue weighted by molar-refractivity contribution is 0.415. The minimum Gasteiger partial charge on any atom is -0.497 e. The van der Waals surface area contributed by atoms with Crippen molar-refractivity contribution in [2.75, 3.05) is 7.11 Å². The third kappa shape index (κ3) is 3.82. The quantitative estimate of drug-likeness (QED) is 0.801. The van der Waals surface area contributed by atoms with Gasteiger partial charge >= 0.3 is 0 Å². The van der Waals surface area contributed by atoms with Gasteiger partial charge in [-0.15, -0.1) is 10.2 Å². The summed E-state index contributed by atoms with van der Waals surface area (Å²) in [7, 11) is 1.62. The van der Waals surface area contributed by atoms with Crippen LogP contribution >= 0.6 is 34.8 Å². The van der Waals surface area contributed by atoms with Crippen molar-refractivity contribution in [3.63, 3.8) is 0 Å². The number of benzene rings is 1.